The van der Waals surface area contributed by atoms with Crippen LogP contribution < -0.4 is 10.2 Å². The van der Waals surface area contributed by atoms with E-state index in [4.69, 9.17) is 14.7 Å². The van der Waals surface area contributed by atoms with Crippen LogP contribution in [0.5, 0.6) is 0 Å². The number of imidazole rings is 2. The van der Waals surface area contributed by atoms with Crippen molar-refractivity contribution in [3.8, 4) is 0 Å². The summed E-state index contributed by atoms with van der Waals surface area (Å²) in [5.74, 6) is 4.43. The Labute approximate surface area is 389 Å². The number of hydrogen-bond donors (Lipinski definition) is 3. The minimum absolute atomic E-state index is 0.0431. The van der Waals surface area contributed by atoms with E-state index in [9.17, 15) is 14.4 Å². The van der Waals surface area contributed by atoms with Crippen molar-refractivity contribution < 1.29 is 19.1 Å². The van der Waals surface area contributed by atoms with Crippen molar-refractivity contribution in [2.45, 2.75) is 140 Å². The number of ether oxygens (including phenoxy) is 1. The second-order valence-electron chi connectivity index (χ2n) is 21.7. The fourth-order valence-corrected chi connectivity index (χ4v) is 14.0. The molecule has 1 unspecified atom stereocenters. The third-order valence-corrected chi connectivity index (χ3v) is 16.6. The standard InChI is InChI=1S/C54H67N8O4/c1-31(2)22-48(63)60-20-6-8-46(60)50-55-40-16-10-36(26-42(40)57-50)44-18-19-45(62(44)39-14-12-38(13-15-39)54-28-33-23-34(29-54)25-35(24-33)30-54)37-11-17-41-43(27-37)58-51(56-41)47-9-7-21-61(47)52(64)49(32(3)4)59-53(65)66-5/h10-17,22,26-27,31-35,44-47,49H,6-9,18-21,23-25,28-30H2,1-5H3,(H,55,57)(H,56,58)(H,59,65)/t33?,34?,35?,44?,45-,46+,47+,49+,54?/m1/s1. The molecule has 1 radical (unpaired) electrons. The Bertz CT molecular complexity index is 2600. The summed E-state index contributed by atoms with van der Waals surface area (Å²) in [6.45, 7) is 9.36. The van der Waals surface area contributed by atoms with E-state index in [0.29, 0.717) is 12.0 Å². The molecule has 5 atom stereocenters. The number of alkyl carbamates (subject to hydrolysis) is 1. The molecule has 3 saturated heterocycles. The monoisotopic (exact) mass is 892 g/mol. The topological polar surface area (TPSA) is 140 Å². The third-order valence-electron chi connectivity index (χ3n) is 16.6. The van der Waals surface area contributed by atoms with Crippen LogP contribution in [0.1, 0.15) is 157 Å². The van der Waals surface area contributed by atoms with Gasteiger partial charge in [-0.1, -0.05) is 52.0 Å². The van der Waals surface area contributed by atoms with Gasteiger partial charge in [0.2, 0.25) is 11.8 Å². The largest absolute Gasteiger partial charge is 0.453 e. The van der Waals surface area contributed by atoms with Gasteiger partial charge in [-0.15, -0.1) is 0 Å². The highest BCUT2D eigenvalue weighted by atomic mass is 16.5. The maximum Gasteiger partial charge on any atom is 0.407 e. The first-order valence-corrected chi connectivity index (χ1v) is 25.1. The predicted molar refractivity (Wildman–Crippen MR) is 256 cm³/mol. The molecule has 3 amide bonds. The lowest BCUT2D eigenvalue weighted by Gasteiger charge is -2.57. The summed E-state index contributed by atoms with van der Waals surface area (Å²) >= 11 is 0. The smallest absolute Gasteiger partial charge is 0.407 e. The van der Waals surface area contributed by atoms with Crippen molar-refractivity contribution >= 4 is 45.7 Å². The molecule has 66 heavy (non-hydrogen) atoms. The van der Waals surface area contributed by atoms with Crippen LogP contribution in [0.3, 0.4) is 0 Å². The van der Waals surface area contributed by atoms with Crippen molar-refractivity contribution in [3.05, 3.63) is 95.4 Å². The molecule has 3 aromatic carbocycles. The van der Waals surface area contributed by atoms with Crippen molar-refractivity contribution in [2.24, 2.45) is 29.6 Å². The number of nitrogens with one attached hydrogen (secondary N) is 3. The number of H-pyrrole nitrogens is 2. The van der Waals surface area contributed by atoms with Gasteiger partial charge in [-0.2, -0.15) is 0 Å². The van der Waals surface area contributed by atoms with E-state index in [1.807, 2.05) is 30.1 Å². The molecule has 2 aromatic heterocycles. The van der Waals surface area contributed by atoms with Gasteiger partial charge in [-0.05, 0) is 165 Å². The molecule has 12 nitrogen and oxygen atoms in total. The Morgan fingerprint density at radius 2 is 1.30 bits per heavy atom. The summed E-state index contributed by atoms with van der Waals surface area (Å²) in [6.07, 6.45) is 15.1. The summed E-state index contributed by atoms with van der Waals surface area (Å²) in [5, 5.41) is 2.77. The maximum absolute atomic E-state index is 14.0. The summed E-state index contributed by atoms with van der Waals surface area (Å²) < 4.78 is 4.86. The van der Waals surface area contributed by atoms with E-state index >= 15 is 0 Å². The molecule has 5 aromatic rings. The molecule has 7 aliphatic rings. The molecule has 12 rings (SSSR count). The number of hydrogen-bond acceptors (Lipinski definition) is 7. The van der Waals surface area contributed by atoms with Gasteiger partial charge in [-0.3, -0.25) is 9.59 Å². The van der Waals surface area contributed by atoms with Gasteiger partial charge in [0.1, 0.15) is 17.7 Å². The summed E-state index contributed by atoms with van der Waals surface area (Å²) in [7, 11) is 1.32. The van der Waals surface area contributed by atoms with Gasteiger partial charge in [-0.25, -0.2) is 14.8 Å². The molecule has 0 spiro atoms. The summed E-state index contributed by atoms with van der Waals surface area (Å²) in [5.41, 5.74) is 9.40. The molecule has 7 fully saturated rings. The quantitative estimate of drug-likeness (QED) is 0.120. The summed E-state index contributed by atoms with van der Waals surface area (Å²) in [4.78, 5) is 63.5. The van der Waals surface area contributed by atoms with Crippen LogP contribution in [0, 0.1) is 36.0 Å². The van der Waals surface area contributed by atoms with Gasteiger partial charge in [0.05, 0.1) is 59.8 Å². The lowest BCUT2D eigenvalue weighted by Crippen LogP contribution is -2.51. The van der Waals surface area contributed by atoms with Crippen LogP contribution in [0.4, 0.5) is 10.5 Å². The number of carbonyl (C=O) groups is 3. The van der Waals surface area contributed by atoms with Crippen LogP contribution >= 0.6 is 0 Å². The second-order valence-corrected chi connectivity index (χ2v) is 21.7. The number of nitrogens with zero attached hydrogens (tertiary/aromatic N) is 5. The molecule has 3 N–H and O–H groups in total. The first-order valence-electron chi connectivity index (χ1n) is 25.1. The first kappa shape index (κ1) is 43.2. The van der Waals surface area contributed by atoms with Gasteiger partial charge in [0.15, 0.2) is 0 Å². The zero-order valence-electron chi connectivity index (χ0n) is 39.4. The van der Waals surface area contributed by atoms with Gasteiger partial charge >= 0.3 is 6.09 Å². The minimum atomic E-state index is -0.686. The Hall–Kier alpha value is -5.39. The number of carbonyl (C=O) groups excluding carboxylic acids is 3. The average Bonchev–Trinajstić information content (AvgIpc) is 4.15. The SMILES string of the molecule is COC(=O)N[C@H](C(=O)N1CCC[C@H]1c1nc2cc([C@H]3CCC(c4ccc5nc([C@@H]6CCCN6C(=O)[CH]C(C)C)[nH]c5c4)N3c3ccc(C45CC6CC(CC(C6)C4)C5)cc3)ccc2[nH]1)C(C)C. The Kier molecular flexibility index (Phi) is 11.2. The molecule has 4 bridgehead atoms. The number of aromatic nitrogens is 4. The molecular weight excluding hydrogens is 825 g/mol. The highest BCUT2D eigenvalue weighted by molar-refractivity contribution is 5.87. The number of aromatic amines is 2. The van der Waals surface area contributed by atoms with Crippen LogP contribution in [-0.2, 0) is 19.7 Å². The van der Waals surface area contributed by atoms with Crippen molar-refractivity contribution in [1.29, 1.82) is 0 Å². The Morgan fingerprint density at radius 1 is 0.712 bits per heavy atom. The van der Waals surface area contributed by atoms with E-state index in [-0.39, 0.29) is 47.8 Å². The zero-order valence-corrected chi connectivity index (χ0v) is 39.4. The van der Waals surface area contributed by atoms with E-state index in [1.54, 1.807) is 5.56 Å². The number of benzene rings is 3. The average molecular weight is 892 g/mol. The molecule has 4 aliphatic carbocycles. The van der Waals surface area contributed by atoms with E-state index in [0.717, 1.165) is 96.5 Å². The van der Waals surface area contributed by atoms with Crippen molar-refractivity contribution in [3.63, 3.8) is 0 Å². The highest BCUT2D eigenvalue weighted by Gasteiger charge is 2.51. The van der Waals surface area contributed by atoms with Crippen LogP contribution in [0.2, 0.25) is 0 Å². The fourth-order valence-electron chi connectivity index (χ4n) is 14.0. The molecule has 4 saturated carbocycles. The molecule has 12 heteroatoms. The zero-order chi connectivity index (χ0) is 45.4. The van der Waals surface area contributed by atoms with Gasteiger partial charge < -0.3 is 34.7 Å². The lowest BCUT2D eigenvalue weighted by molar-refractivity contribution is -0.135. The predicted octanol–water partition coefficient (Wildman–Crippen LogP) is 10.6. The van der Waals surface area contributed by atoms with Gasteiger partial charge in [0, 0.05) is 18.8 Å². The fraction of sp³-hybridized carbons (Fsp3) is 0.556. The second kappa shape index (κ2) is 17.0. The third kappa shape index (κ3) is 7.73. The number of amides is 3. The number of anilines is 1. The molecule has 3 aliphatic heterocycles. The van der Waals surface area contributed by atoms with Crippen LogP contribution in [0.15, 0.2) is 60.7 Å². The Balaban J connectivity index is 0.909. The van der Waals surface area contributed by atoms with E-state index < -0.39 is 12.1 Å². The highest BCUT2D eigenvalue weighted by Crippen LogP contribution is 2.61. The summed E-state index contributed by atoms with van der Waals surface area (Å²) in [6, 6.07) is 22.5. The van der Waals surface area contributed by atoms with Crippen molar-refractivity contribution in [2.75, 3.05) is 25.1 Å². The van der Waals surface area contributed by atoms with Crippen LogP contribution in [0.25, 0.3) is 22.1 Å². The van der Waals surface area contributed by atoms with Gasteiger partial charge in [0.25, 0.3) is 0 Å². The normalized spacial score (nSPS) is 28.7. The molecule has 5 heterocycles. The van der Waals surface area contributed by atoms with E-state index in [2.05, 4.69) is 94.7 Å². The lowest BCUT2D eigenvalue weighted by atomic mass is 9.48. The molecular formula is C54H67N8O4. The number of methoxy groups -OCH3 is 1. The maximum atomic E-state index is 14.0. The number of rotatable bonds is 11. The Morgan fingerprint density at radius 3 is 1.94 bits per heavy atom. The number of likely N-dealkylation sites (tertiary alicyclic amines) is 2. The minimum Gasteiger partial charge on any atom is -0.453 e. The van der Waals surface area contributed by atoms with E-state index in [1.165, 1.54) is 62.4 Å². The van der Waals surface area contributed by atoms with Crippen LogP contribution in [-0.4, -0.2) is 73.9 Å². The molecule has 347 valence electrons. The number of fused-ring (bicyclic) bond motifs is 2. The first-order chi connectivity index (χ1) is 31.9. The van der Waals surface area contributed by atoms with Crippen molar-refractivity contribution in [1.82, 2.24) is 35.1 Å².